The third-order valence-corrected chi connectivity index (χ3v) is 7.31. The van der Waals surface area contributed by atoms with Crippen molar-refractivity contribution in [1.29, 1.82) is 0 Å². The maximum absolute atomic E-state index is 13.6. The monoisotopic (exact) mass is 557 g/mol. The summed E-state index contributed by atoms with van der Waals surface area (Å²) in [7, 11) is 1.60. The van der Waals surface area contributed by atoms with Gasteiger partial charge in [0.25, 0.3) is 11.8 Å². The van der Waals surface area contributed by atoms with E-state index in [0.717, 1.165) is 23.4 Å². The Morgan fingerprint density at radius 3 is 2.17 bits per heavy atom. The van der Waals surface area contributed by atoms with Gasteiger partial charge in [0.05, 0.1) is 12.7 Å². The van der Waals surface area contributed by atoms with Crippen molar-refractivity contribution in [2.45, 2.75) is 27.2 Å². The molecule has 0 aliphatic carbocycles. The van der Waals surface area contributed by atoms with Crippen molar-refractivity contribution in [3.8, 4) is 5.75 Å². The standard InChI is InChI=1S/C32H39N5O4/c1-5-35(6-2)31(39)28-22-26(33-30(38)24-10-8-23(3)9-11-24)14-17-29(28)36-18-7-19-37(21-20-36)32(40)34-25-12-15-27(41-4)16-13-25/h8-17,22H,5-7,18-21H2,1-4H3,(H,33,38)(H,34,40). The number of carbonyl (C=O) groups is 3. The highest BCUT2D eigenvalue weighted by atomic mass is 16.5. The van der Waals surface area contributed by atoms with Crippen molar-refractivity contribution in [2.75, 3.05) is 61.9 Å². The molecule has 0 atom stereocenters. The van der Waals surface area contributed by atoms with Gasteiger partial charge >= 0.3 is 6.03 Å². The van der Waals surface area contributed by atoms with E-state index in [9.17, 15) is 14.4 Å². The molecule has 0 radical (unpaired) electrons. The highest BCUT2D eigenvalue weighted by molar-refractivity contribution is 6.06. The first-order valence-electron chi connectivity index (χ1n) is 14.1. The number of benzene rings is 3. The van der Waals surface area contributed by atoms with Gasteiger partial charge in [-0.15, -0.1) is 0 Å². The van der Waals surface area contributed by atoms with Gasteiger partial charge in [-0.3, -0.25) is 9.59 Å². The molecule has 4 rings (SSSR count). The summed E-state index contributed by atoms with van der Waals surface area (Å²) in [5.74, 6) is 0.409. The van der Waals surface area contributed by atoms with Gasteiger partial charge in [-0.05, 0) is 81.8 Å². The Balaban J connectivity index is 1.51. The first-order valence-corrected chi connectivity index (χ1v) is 14.1. The van der Waals surface area contributed by atoms with E-state index in [1.54, 1.807) is 47.2 Å². The summed E-state index contributed by atoms with van der Waals surface area (Å²) in [6, 6.07) is 19.9. The third-order valence-electron chi connectivity index (χ3n) is 7.31. The molecule has 9 nitrogen and oxygen atoms in total. The molecule has 3 aromatic rings. The SMILES string of the molecule is CCN(CC)C(=O)c1cc(NC(=O)c2ccc(C)cc2)ccc1N1CCCN(C(=O)Nc2ccc(OC)cc2)CC1. The Labute approximate surface area is 242 Å². The second-order valence-electron chi connectivity index (χ2n) is 10.0. The molecule has 0 saturated carbocycles. The highest BCUT2D eigenvalue weighted by Gasteiger charge is 2.25. The minimum atomic E-state index is -0.229. The Hall–Kier alpha value is -4.53. The maximum Gasteiger partial charge on any atom is 0.321 e. The van der Waals surface area contributed by atoms with E-state index in [0.29, 0.717) is 61.8 Å². The van der Waals surface area contributed by atoms with Gasteiger partial charge < -0.3 is 30.1 Å². The van der Waals surface area contributed by atoms with Crippen LogP contribution >= 0.6 is 0 Å². The first-order chi connectivity index (χ1) is 19.8. The summed E-state index contributed by atoms with van der Waals surface area (Å²) < 4.78 is 5.19. The predicted octanol–water partition coefficient (Wildman–Crippen LogP) is 5.48. The summed E-state index contributed by atoms with van der Waals surface area (Å²) >= 11 is 0. The van der Waals surface area contributed by atoms with Crippen LogP contribution in [0.5, 0.6) is 5.75 Å². The molecule has 0 aromatic heterocycles. The minimum absolute atomic E-state index is 0.0882. The van der Waals surface area contributed by atoms with E-state index in [4.69, 9.17) is 4.74 Å². The second kappa shape index (κ2) is 13.7. The molecule has 1 aliphatic rings. The number of hydrogen-bond donors (Lipinski definition) is 2. The fraction of sp³-hybridized carbons (Fsp3) is 0.344. The lowest BCUT2D eigenvalue weighted by atomic mass is 10.1. The largest absolute Gasteiger partial charge is 0.497 e. The molecule has 41 heavy (non-hydrogen) atoms. The summed E-state index contributed by atoms with van der Waals surface area (Å²) in [6.45, 7) is 9.41. The van der Waals surface area contributed by atoms with E-state index >= 15 is 0 Å². The van der Waals surface area contributed by atoms with Gasteiger partial charge in [0.1, 0.15) is 5.75 Å². The van der Waals surface area contributed by atoms with Crippen LogP contribution in [0.3, 0.4) is 0 Å². The predicted molar refractivity (Wildman–Crippen MR) is 163 cm³/mol. The number of anilines is 3. The fourth-order valence-electron chi connectivity index (χ4n) is 4.89. The van der Waals surface area contributed by atoms with Crippen LogP contribution in [-0.4, -0.2) is 74.0 Å². The van der Waals surface area contributed by atoms with Gasteiger partial charge in [-0.2, -0.15) is 0 Å². The molecule has 0 unspecified atom stereocenters. The number of rotatable bonds is 8. The van der Waals surface area contributed by atoms with Gasteiger partial charge in [-0.1, -0.05) is 17.7 Å². The number of nitrogens with zero attached hydrogens (tertiary/aromatic N) is 3. The molecule has 0 spiro atoms. The van der Waals surface area contributed by atoms with Crippen LogP contribution in [0.25, 0.3) is 0 Å². The van der Waals surface area contributed by atoms with Crippen molar-refractivity contribution < 1.29 is 19.1 Å². The molecule has 2 N–H and O–H groups in total. The lowest BCUT2D eigenvalue weighted by Gasteiger charge is -2.28. The number of methoxy groups -OCH3 is 1. The average molecular weight is 558 g/mol. The lowest BCUT2D eigenvalue weighted by molar-refractivity contribution is 0.0773. The van der Waals surface area contributed by atoms with E-state index in [1.165, 1.54) is 0 Å². The van der Waals surface area contributed by atoms with Crippen molar-refractivity contribution in [3.63, 3.8) is 0 Å². The summed E-state index contributed by atoms with van der Waals surface area (Å²) in [5.41, 5.74) is 4.22. The van der Waals surface area contributed by atoms with E-state index < -0.39 is 0 Å². The molecule has 1 heterocycles. The number of amides is 4. The van der Waals surface area contributed by atoms with Crippen LogP contribution in [0, 0.1) is 6.92 Å². The number of hydrogen-bond acceptors (Lipinski definition) is 5. The highest BCUT2D eigenvalue weighted by Crippen LogP contribution is 2.28. The van der Waals surface area contributed by atoms with E-state index in [1.807, 2.05) is 57.2 Å². The molecule has 1 saturated heterocycles. The second-order valence-corrected chi connectivity index (χ2v) is 10.0. The number of urea groups is 1. The number of nitrogens with one attached hydrogen (secondary N) is 2. The van der Waals surface area contributed by atoms with E-state index in [-0.39, 0.29) is 17.8 Å². The van der Waals surface area contributed by atoms with Crippen molar-refractivity contribution in [1.82, 2.24) is 9.80 Å². The van der Waals surface area contributed by atoms with Crippen LogP contribution in [0.1, 0.15) is 46.5 Å². The Kier molecular flexibility index (Phi) is 9.84. The number of carbonyl (C=O) groups excluding carboxylic acids is 3. The summed E-state index contributed by atoms with van der Waals surface area (Å²) in [4.78, 5) is 45.2. The smallest absolute Gasteiger partial charge is 0.321 e. The molecular formula is C32H39N5O4. The number of aryl methyl sites for hydroxylation is 1. The van der Waals surface area contributed by atoms with Crippen molar-refractivity contribution >= 4 is 34.9 Å². The van der Waals surface area contributed by atoms with Crippen LogP contribution in [0.2, 0.25) is 0 Å². The molecule has 1 aliphatic heterocycles. The van der Waals surface area contributed by atoms with E-state index in [2.05, 4.69) is 15.5 Å². The maximum atomic E-state index is 13.6. The van der Waals surface area contributed by atoms with Gasteiger partial charge in [0.2, 0.25) is 0 Å². The normalized spacial score (nSPS) is 13.3. The summed E-state index contributed by atoms with van der Waals surface area (Å²) in [6.07, 6.45) is 0.751. The fourth-order valence-corrected chi connectivity index (χ4v) is 4.89. The molecular weight excluding hydrogens is 518 g/mol. The Morgan fingerprint density at radius 2 is 1.51 bits per heavy atom. The number of ether oxygens (including phenoxy) is 1. The molecule has 1 fully saturated rings. The molecule has 9 heteroatoms. The zero-order chi connectivity index (χ0) is 29.4. The van der Waals surface area contributed by atoms with Crippen LogP contribution in [0.4, 0.5) is 21.9 Å². The quantitative estimate of drug-likeness (QED) is 0.383. The topological polar surface area (TPSA) is 94.2 Å². The zero-order valence-electron chi connectivity index (χ0n) is 24.3. The first kappa shape index (κ1) is 29.5. The van der Waals surface area contributed by atoms with Crippen LogP contribution < -0.4 is 20.3 Å². The van der Waals surface area contributed by atoms with Crippen molar-refractivity contribution in [2.24, 2.45) is 0 Å². The minimum Gasteiger partial charge on any atom is -0.497 e. The van der Waals surface area contributed by atoms with Crippen LogP contribution in [0.15, 0.2) is 66.7 Å². The Bertz CT molecular complexity index is 1350. The zero-order valence-corrected chi connectivity index (χ0v) is 24.3. The molecule has 216 valence electrons. The average Bonchev–Trinajstić information content (AvgIpc) is 3.25. The molecule has 3 aromatic carbocycles. The van der Waals surface area contributed by atoms with Gasteiger partial charge in [0, 0.05) is 61.9 Å². The molecule has 0 bridgehead atoms. The van der Waals surface area contributed by atoms with Crippen LogP contribution in [-0.2, 0) is 0 Å². The third kappa shape index (κ3) is 7.36. The molecule has 4 amide bonds. The van der Waals surface area contributed by atoms with Gasteiger partial charge in [0.15, 0.2) is 0 Å². The summed E-state index contributed by atoms with van der Waals surface area (Å²) in [5, 5.41) is 5.90. The Morgan fingerprint density at radius 1 is 0.829 bits per heavy atom. The van der Waals surface area contributed by atoms with Crippen molar-refractivity contribution in [3.05, 3.63) is 83.4 Å². The lowest BCUT2D eigenvalue weighted by Crippen LogP contribution is -2.38. The van der Waals surface area contributed by atoms with Gasteiger partial charge in [-0.25, -0.2) is 4.79 Å².